The summed E-state index contributed by atoms with van der Waals surface area (Å²) in [5.41, 5.74) is 3.41. The lowest BCUT2D eigenvalue weighted by Crippen LogP contribution is -2.12. The summed E-state index contributed by atoms with van der Waals surface area (Å²) in [6.45, 7) is 0. The van der Waals surface area contributed by atoms with Crippen LogP contribution in [-0.4, -0.2) is 10.2 Å². The highest BCUT2D eigenvalue weighted by atomic mass is 16.1. The second kappa shape index (κ2) is 5.97. The van der Waals surface area contributed by atoms with Crippen molar-refractivity contribution < 1.29 is 0 Å². The molecular weight excluding hydrogens is 288 g/mol. The summed E-state index contributed by atoms with van der Waals surface area (Å²) in [6, 6.07) is 17.9. The fraction of sp³-hybridized carbons (Fsp3) is 0. The molecule has 0 atom stereocenters. The van der Waals surface area contributed by atoms with Crippen LogP contribution in [-0.2, 0) is 0 Å². The molecule has 0 aliphatic carbocycles. The Hall–Kier alpha value is -3.70. The number of nitriles is 2. The van der Waals surface area contributed by atoms with Gasteiger partial charge in [-0.25, -0.2) is 5.10 Å². The van der Waals surface area contributed by atoms with Gasteiger partial charge in [0.25, 0.3) is 5.56 Å². The quantitative estimate of drug-likeness (QED) is 0.787. The van der Waals surface area contributed by atoms with E-state index in [4.69, 9.17) is 10.5 Å². The number of rotatable bonds is 2. The number of benzene rings is 2. The SMILES string of the molecule is N#Cc1ccc(-c2cn[nH]c(=O)c2-c2ccc(C#N)cc2)cc1. The van der Waals surface area contributed by atoms with Gasteiger partial charge in [-0.15, -0.1) is 0 Å². The number of aromatic amines is 1. The van der Waals surface area contributed by atoms with Crippen LogP contribution in [0.2, 0.25) is 0 Å². The molecule has 5 nitrogen and oxygen atoms in total. The van der Waals surface area contributed by atoms with Crippen LogP contribution in [0.5, 0.6) is 0 Å². The maximum absolute atomic E-state index is 12.3. The molecule has 3 aromatic rings. The van der Waals surface area contributed by atoms with Gasteiger partial charge in [-0.2, -0.15) is 15.6 Å². The topological polar surface area (TPSA) is 93.3 Å². The summed E-state index contributed by atoms with van der Waals surface area (Å²) in [6.07, 6.45) is 1.58. The molecule has 0 saturated carbocycles. The van der Waals surface area contributed by atoms with Gasteiger partial charge in [0.1, 0.15) is 0 Å². The fourth-order valence-corrected chi connectivity index (χ4v) is 2.34. The maximum Gasteiger partial charge on any atom is 0.272 e. The zero-order valence-electron chi connectivity index (χ0n) is 11.9. The Morgan fingerprint density at radius 2 is 1.35 bits per heavy atom. The Kier molecular flexibility index (Phi) is 3.70. The molecule has 0 amide bonds. The van der Waals surface area contributed by atoms with Crippen LogP contribution in [0.4, 0.5) is 0 Å². The largest absolute Gasteiger partial charge is 0.272 e. The molecule has 0 spiro atoms. The predicted molar refractivity (Wildman–Crippen MR) is 85.2 cm³/mol. The van der Waals surface area contributed by atoms with Crippen molar-refractivity contribution in [3.63, 3.8) is 0 Å². The lowest BCUT2D eigenvalue weighted by molar-refractivity contribution is 0.994. The molecule has 2 aromatic carbocycles. The first kappa shape index (κ1) is 14.2. The van der Waals surface area contributed by atoms with Crippen LogP contribution in [0.3, 0.4) is 0 Å². The molecule has 1 N–H and O–H groups in total. The minimum Gasteiger partial charge on any atom is -0.267 e. The standard InChI is InChI=1S/C18H10N4O/c19-9-12-1-5-14(6-2-12)16-11-21-22-18(23)17(16)15-7-3-13(10-20)4-8-15/h1-8,11H,(H,22,23). The second-order valence-corrected chi connectivity index (χ2v) is 4.87. The third-order valence-corrected chi connectivity index (χ3v) is 3.48. The Bertz CT molecular complexity index is 987. The minimum atomic E-state index is -0.309. The molecule has 0 unspecified atom stereocenters. The van der Waals surface area contributed by atoms with Gasteiger partial charge >= 0.3 is 0 Å². The molecule has 0 aliphatic heterocycles. The second-order valence-electron chi connectivity index (χ2n) is 4.87. The van der Waals surface area contributed by atoms with Crippen LogP contribution < -0.4 is 5.56 Å². The first-order valence-electron chi connectivity index (χ1n) is 6.81. The predicted octanol–water partition coefficient (Wildman–Crippen LogP) is 2.85. The zero-order valence-corrected chi connectivity index (χ0v) is 11.9. The Labute approximate surface area is 132 Å². The highest BCUT2D eigenvalue weighted by molar-refractivity contribution is 5.82. The van der Waals surface area contributed by atoms with Crippen molar-refractivity contribution >= 4 is 0 Å². The van der Waals surface area contributed by atoms with E-state index < -0.39 is 0 Å². The van der Waals surface area contributed by atoms with Crippen molar-refractivity contribution in [1.29, 1.82) is 10.5 Å². The van der Waals surface area contributed by atoms with Crippen LogP contribution in [0.15, 0.2) is 59.5 Å². The molecule has 0 bridgehead atoms. The van der Waals surface area contributed by atoms with Crippen molar-refractivity contribution in [2.75, 3.05) is 0 Å². The number of aromatic nitrogens is 2. The monoisotopic (exact) mass is 298 g/mol. The molecule has 0 aliphatic rings. The molecule has 23 heavy (non-hydrogen) atoms. The number of nitrogens with one attached hydrogen (secondary N) is 1. The van der Waals surface area contributed by atoms with E-state index in [2.05, 4.69) is 22.3 Å². The van der Waals surface area contributed by atoms with E-state index in [0.29, 0.717) is 27.8 Å². The van der Waals surface area contributed by atoms with E-state index in [0.717, 1.165) is 5.56 Å². The fourth-order valence-electron chi connectivity index (χ4n) is 2.34. The summed E-state index contributed by atoms with van der Waals surface area (Å²) in [5, 5.41) is 24.1. The van der Waals surface area contributed by atoms with E-state index >= 15 is 0 Å². The zero-order chi connectivity index (χ0) is 16.2. The minimum absolute atomic E-state index is 0.309. The van der Waals surface area contributed by atoms with Gasteiger partial charge in [-0.1, -0.05) is 24.3 Å². The van der Waals surface area contributed by atoms with Crippen molar-refractivity contribution in [3.05, 3.63) is 76.2 Å². The molecule has 1 aromatic heterocycles. The third kappa shape index (κ3) is 2.72. The van der Waals surface area contributed by atoms with Crippen LogP contribution >= 0.6 is 0 Å². The molecule has 3 rings (SSSR count). The summed E-state index contributed by atoms with van der Waals surface area (Å²) >= 11 is 0. The van der Waals surface area contributed by atoms with Crippen LogP contribution in [0.1, 0.15) is 11.1 Å². The molecule has 108 valence electrons. The van der Waals surface area contributed by atoms with Crippen molar-refractivity contribution in [3.8, 4) is 34.4 Å². The van der Waals surface area contributed by atoms with Gasteiger partial charge in [0.05, 0.1) is 35.0 Å². The average Bonchev–Trinajstić information content (AvgIpc) is 2.62. The Balaban J connectivity index is 2.18. The smallest absolute Gasteiger partial charge is 0.267 e. The Morgan fingerprint density at radius 3 is 1.87 bits per heavy atom. The van der Waals surface area contributed by atoms with Crippen molar-refractivity contribution in [2.24, 2.45) is 0 Å². The summed E-state index contributed by atoms with van der Waals surface area (Å²) in [7, 11) is 0. The number of H-pyrrole nitrogens is 1. The average molecular weight is 298 g/mol. The third-order valence-electron chi connectivity index (χ3n) is 3.48. The van der Waals surface area contributed by atoms with Gasteiger partial charge < -0.3 is 0 Å². The number of hydrogen-bond acceptors (Lipinski definition) is 4. The number of nitrogens with zero attached hydrogens (tertiary/aromatic N) is 3. The van der Waals surface area contributed by atoms with Crippen molar-refractivity contribution in [1.82, 2.24) is 10.2 Å². The number of hydrogen-bond donors (Lipinski definition) is 1. The van der Waals surface area contributed by atoms with Crippen molar-refractivity contribution in [2.45, 2.75) is 0 Å². The molecule has 0 radical (unpaired) electrons. The molecular formula is C18H10N4O. The lowest BCUT2D eigenvalue weighted by atomic mass is 9.96. The van der Waals surface area contributed by atoms with E-state index in [1.807, 2.05) is 0 Å². The van der Waals surface area contributed by atoms with E-state index in [1.54, 1.807) is 54.7 Å². The lowest BCUT2D eigenvalue weighted by Gasteiger charge is -2.08. The summed E-state index contributed by atoms with van der Waals surface area (Å²) in [4.78, 5) is 12.3. The highest BCUT2D eigenvalue weighted by Crippen LogP contribution is 2.28. The van der Waals surface area contributed by atoms with Gasteiger partial charge in [-0.3, -0.25) is 4.79 Å². The molecule has 1 heterocycles. The summed E-state index contributed by atoms with van der Waals surface area (Å²) < 4.78 is 0. The highest BCUT2D eigenvalue weighted by Gasteiger charge is 2.12. The Morgan fingerprint density at radius 1 is 0.826 bits per heavy atom. The van der Waals surface area contributed by atoms with E-state index in [-0.39, 0.29) is 5.56 Å². The van der Waals surface area contributed by atoms with Gasteiger partial charge in [0.2, 0.25) is 0 Å². The first-order chi connectivity index (χ1) is 11.2. The van der Waals surface area contributed by atoms with Crippen LogP contribution in [0.25, 0.3) is 22.3 Å². The molecule has 0 fully saturated rings. The maximum atomic E-state index is 12.3. The van der Waals surface area contributed by atoms with Gasteiger partial charge in [0.15, 0.2) is 0 Å². The molecule has 0 saturated heterocycles. The molecule has 5 heteroatoms. The van der Waals surface area contributed by atoms with Gasteiger partial charge in [0, 0.05) is 5.56 Å². The van der Waals surface area contributed by atoms with E-state index in [1.165, 1.54) is 0 Å². The van der Waals surface area contributed by atoms with Crippen LogP contribution in [0, 0.1) is 22.7 Å². The van der Waals surface area contributed by atoms with Gasteiger partial charge in [-0.05, 0) is 35.4 Å². The summed E-state index contributed by atoms with van der Waals surface area (Å²) in [5.74, 6) is 0. The normalized spacial score (nSPS) is 9.83. The first-order valence-corrected chi connectivity index (χ1v) is 6.81. The van der Waals surface area contributed by atoms with E-state index in [9.17, 15) is 4.79 Å².